The Bertz CT molecular complexity index is 43.0. The summed E-state index contributed by atoms with van der Waals surface area (Å²) in [5, 5.41) is 7.80. The highest BCUT2D eigenvalue weighted by atomic mass is 35.5. The van der Waals surface area contributed by atoms with Gasteiger partial charge in [-0.2, -0.15) is 0 Å². The van der Waals surface area contributed by atoms with Gasteiger partial charge in [0, 0.05) is 0 Å². The monoisotopic (exact) mass is 141 g/mol. The van der Waals surface area contributed by atoms with Crippen molar-refractivity contribution in [3.8, 4) is 0 Å². The SMILES string of the molecule is C[NH+](C)CCOO.[Cl-]. The van der Waals surface area contributed by atoms with E-state index in [1.54, 1.807) is 0 Å². The fourth-order valence-electron chi connectivity index (χ4n) is 0.250. The minimum Gasteiger partial charge on any atom is -1.00 e. The van der Waals surface area contributed by atoms with Gasteiger partial charge in [0.15, 0.2) is 0 Å². The highest BCUT2D eigenvalue weighted by Crippen LogP contribution is 1.53. The molecule has 8 heavy (non-hydrogen) atoms. The minimum absolute atomic E-state index is 0. The van der Waals surface area contributed by atoms with Crippen LogP contribution in [0.4, 0.5) is 0 Å². The standard InChI is InChI=1S/C4H11NO2.ClH/c1-5(2)3-4-7-6;/h6H,3-4H2,1-2H3;1H. The zero-order chi connectivity index (χ0) is 5.70. The summed E-state index contributed by atoms with van der Waals surface area (Å²) in [5.41, 5.74) is 0. The van der Waals surface area contributed by atoms with Crippen LogP contribution in [-0.2, 0) is 4.89 Å². The van der Waals surface area contributed by atoms with Gasteiger partial charge in [-0.25, -0.2) is 4.89 Å². The lowest BCUT2D eigenvalue weighted by atomic mass is 10.6. The summed E-state index contributed by atoms with van der Waals surface area (Å²) in [4.78, 5) is 5.10. The van der Waals surface area contributed by atoms with E-state index in [-0.39, 0.29) is 12.4 Å². The summed E-state index contributed by atoms with van der Waals surface area (Å²) < 4.78 is 0. The highest BCUT2D eigenvalue weighted by Gasteiger charge is 1.88. The van der Waals surface area contributed by atoms with Gasteiger partial charge in [0.2, 0.25) is 0 Å². The second-order valence-corrected chi connectivity index (χ2v) is 1.79. The van der Waals surface area contributed by atoms with Crippen molar-refractivity contribution in [2.45, 2.75) is 0 Å². The third-order valence-electron chi connectivity index (χ3n) is 0.693. The van der Waals surface area contributed by atoms with Crippen LogP contribution in [0.15, 0.2) is 0 Å². The molecule has 0 amide bonds. The Morgan fingerprint density at radius 2 is 2.00 bits per heavy atom. The minimum atomic E-state index is 0. The van der Waals surface area contributed by atoms with E-state index >= 15 is 0 Å². The molecule has 2 N–H and O–H groups in total. The molecule has 0 aromatic heterocycles. The quantitative estimate of drug-likeness (QED) is 0.308. The van der Waals surface area contributed by atoms with E-state index in [1.165, 1.54) is 4.90 Å². The molecule has 52 valence electrons. The van der Waals surface area contributed by atoms with Gasteiger partial charge in [-0.1, -0.05) is 0 Å². The first kappa shape index (κ1) is 11.0. The van der Waals surface area contributed by atoms with E-state index in [1.807, 2.05) is 14.1 Å². The number of quaternary nitrogens is 1. The number of rotatable bonds is 3. The van der Waals surface area contributed by atoms with Gasteiger partial charge in [0.05, 0.1) is 14.1 Å². The molecule has 0 atom stereocenters. The second-order valence-electron chi connectivity index (χ2n) is 1.79. The average Bonchev–Trinajstić information content (AvgIpc) is 1.61. The lowest BCUT2D eigenvalue weighted by molar-refractivity contribution is -0.859. The summed E-state index contributed by atoms with van der Waals surface area (Å²) in [6.07, 6.45) is 0. The van der Waals surface area contributed by atoms with Crippen LogP contribution >= 0.6 is 0 Å². The van der Waals surface area contributed by atoms with Gasteiger partial charge in [-0.15, -0.1) is 0 Å². The van der Waals surface area contributed by atoms with E-state index in [0.29, 0.717) is 6.61 Å². The van der Waals surface area contributed by atoms with Crippen LogP contribution in [0.1, 0.15) is 0 Å². The van der Waals surface area contributed by atoms with Crippen LogP contribution < -0.4 is 17.3 Å². The molecule has 0 aliphatic carbocycles. The first-order valence-corrected chi connectivity index (χ1v) is 2.32. The van der Waals surface area contributed by atoms with Crippen molar-refractivity contribution in [2.24, 2.45) is 0 Å². The summed E-state index contributed by atoms with van der Waals surface area (Å²) in [7, 11) is 4.00. The molecular formula is C4H12ClNO2. The Labute approximate surface area is 55.6 Å². The van der Waals surface area contributed by atoms with Crippen molar-refractivity contribution in [2.75, 3.05) is 27.2 Å². The second kappa shape index (κ2) is 7.17. The Balaban J connectivity index is 0. The molecule has 0 rings (SSSR count). The van der Waals surface area contributed by atoms with Gasteiger partial charge in [-0.05, 0) is 0 Å². The van der Waals surface area contributed by atoms with E-state index < -0.39 is 0 Å². The van der Waals surface area contributed by atoms with Gasteiger partial charge < -0.3 is 17.3 Å². The molecule has 0 fully saturated rings. The summed E-state index contributed by atoms with van der Waals surface area (Å²) in [6.45, 7) is 1.26. The molecule has 0 spiro atoms. The van der Waals surface area contributed by atoms with E-state index in [2.05, 4.69) is 4.89 Å². The zero-order valence-electron chi connectivity index (χ0n) is 5.15. The number of hydrogen-bond donors (Lipinski definition) is 2. The molecule has 0 aliphatic rings. The molecule has 0 unspecified atom stereocenters. The molecule has 3 nitrogen and oxygen atoms in total. The predicted octanol–water partition coefficient (Wildman–Crippen LogP) is -4.38. The Morgan fingerprint density at radius 3 is 2.12 bits per heavy atom. The molecular weight excluding hydrogens is 130 g/mol. The van der Waals surface area contributed by atoms with Crippen molar-refractivity contribution < 1.29 is 27.5 Å². The van der Waals surface area contributed by atoms with Gasteiger partial charge in [-0.3, -0.25) is 5.26 Å². The van der Waals surface area contributed by atoms with Crippen molar-refractivity contribution in [3.63, 3.8) is 0 Å². The Hall–Kier alpha value is 0.170. The van der Waals surface area contributed by atoms with Crippen LogP contribution in [0.3, 0.4) is 0 Å². The molecule has 0 heterocycles. The normalized spacial score (nSPS) is 9.00. The summed E-state index contributed by atoms with van der Waals surface area (Å²) >= 11 is 0. The van der Waals surface area contributed by atoms with Gasteiger partial charge in [0.25, 0.3) is 0 Å². The highest BCUT2D eigenvalue weighted by molar-refractivity contribution is 4.13. The van der Waals surface area contributed by atoms with Crippen LogP contribution in [-0.4, -0.2) is 32.5 Å². The molecule has 0 aliphatic heterocycles. The Kier molecular flexibility index (Phi) is 9.89. The molecule has 0 aromatic carbocycles. The van der Waals surface area contributed by atoms with Crippen molar-refractivity contribution >= 4 is 0 Å². The fourth-order valence-corrected chi connectivity index (χ4v) is 0.250. The summed E-state index contributed by atoms with van der Waals surface area (Å²) in [5.74, 6) is 0. The van der Waals surface area contributed by atoms with Crippen LogP contribution in [0, 0.1) is 0 Å². The first-order valence-electron chi connectivity index (χ1n) is 2.32. The average molecular weight is 142 g/mol. The molecule has 0 saturated carbocycles. The lowest BCUT2D eigenvalue weighted by Crippen LogP contribution is -3.06. The number of halogens is 1. The predicted molar refractivity (Wildman–Crippen MR) is 26.3 cm³/mol. The van der Waals surface area contributed by atoms with Crippen molar-refractivity contribution in [3.05, 3.63) is 0 Å². The maximum atomic E-state index is 7.80. The van der Waals surface area contributed by atoms with Crippen LogP contribution in [0.5, 0.6) is 0 Å². The smallest absolute Gasteiger partial charge is 0.131 e. The fraction of sp³-hybridized carbons (Fsp3) is 1.00. The molecule has 4 heteroatoms. The van der Waals surface area contributed by atoms with Gasteiger partial charge >= 0.3 is 0 Å². The van der Waals surface area contributed by atoms with Crippen molar-refractivity contribution in [1.82, 2.24) is 0 Å². The van der Waals surface area contributed by atoms with Crippen LogP contribution in [0.2, 0.25) is 0 Å². The molecule has 0 aromatic rings. The Morgan fingerprint density at radius 1 is 1.50 bits per heavy atom. The van der Waals surface area contributed by atoms with E-state index in [9.17, 15) is 0 Å². The third-order valence-corrected chi connectivity index (χ3v) is 0.693. The summed E-state index contributed by atoms with van der Waals surface area (Å²) in [6, 6.07) is 0. The van der Waals surface area contributed by atoms with E-state index in [4.69, 9.17) is 5.26 Å². The van der Waals surface area contributed by atoms with Crippen LogP contribution in [0.25, 0.3) is 0 Å². The zero-order valence-corrected chi connectivity index (χ0v) is 5.90. The largest absolute Gasteiger partial charge is 1.00 e. The molecule has 0 radical (unpaired) electrons. The maximum Gasteiger partial charge on any atom is 0.131 e. The number of nitrogens with one attached hydrogen (secondary N) is 1. The topological polar surface area (TPSA) is 33.9 Å². The molecule has 0 bridgehead atoms. The maximum absolute atomic E-state index is 7.80. The van der Waals surface area contributed by atoms with E-state index in [0.717, 1.165) is 6.54 Å². The first-order chi connectivity index (χ1) is 3.27. The van der Waals surface area contributed by atoms with Crippen molar-refractivity contribution in [1.29, 1.82) is 0 Å². The van der Waals surface area contributed by atoms with Gasteiger partial charge in [0.1, 0.15) is 13.2 Å². The lowest BCUT2D eigenvalue weighted by Gasteiger charge is -2.02. The third kappa shape index (κ3) is 9.48. The molecule has 0 saturated heterocycles. The number of likely N-dealkylation sites (N-methyl/N-ethyl adjacent to an activating group) is 1. The number of hydrogen-bond acceptors (Lipinski definition) is 2.